The number of carbonyl (C=O) groups is 3. The van der Waals surface area contributed by atoms with Crippen LogP contribution in [0.4, 0.5) is 0 Å². The van der Waals surface area contributed by atoms with Crippen molar-refractivity contribution in [3.63, 3.8) is 0 Å². The summed E-state index contributed by atoms with van der Waals surface area (Å²) in [5.74, 6) is -2.07. The second-order valence-electron chi connectivity index (χ2n) is 11.5. The number of H-pyrrole nitrogens is 1. The fourth-order valence-corrected chi connectivity index (χ4v) is 5.80. The quantitative estimate of drug-likeness (QED) is 0.0759. The molecule has 5 rings (SSSR count). The normalized spacial score (nSPS) is 12.3. The Labute approximate surface area is 269 Å². The Morgan fingerprint density at radius 3 is 2.22 bits per heavy atom. The maximum atomic E-state index is 13.7. The zero-order chi connectivity index (χ0) is 32.1. The van der Waals surface area contributed by atoms with Crippen molar-refractivity contribution in [1.29, 1.82) is 0 Å². The molecule has 1 heterocycles. The minimum absolute atomic E-state index is 0.193. The topological polar surface area (TPSA) is 123 Å². The monoisotopic (exact) mass is 616 g/mol. The predicted octanol–water partition coefficient (Wildman–Crippen LogP) is 5.76. The highest BCUT2D eigenvalue weighted by Crippen LogP contribution is 2.23. The summed E-state index contributed by atoms with van der Waals surface area (Å²) in [5, 5.41) is 16.2. The van der Waals surface area contributed by atoms with E-state index in [4.69, 9.17) is 0 Å². The van der Waals surface area contributed by atoms with Gasteiger partial charge in [0.1, 0.15) is 6.04 Å². The third-order valence-electron chi connectivity index (χ3n) is 8.27. The molecule has 5 N–H and O–H groups in total. The fourth-order valence-electron chi connectivity index (χ4n) is 5.80. The summed E-state index contributed by atoms with van der Waals surface area (Å²) in [7, 11) is 0. The molecular weight excluding hydrogens is 576 g/mol. The summed E-state index contributed by atoms with van der Waals surface area (Å²) in [4.78, 5) is 42.7. The Kier molecular flexibility index (Phi) is 11.3. The van der Waals surface area contributed by atoms with Crippen molar-refractivity contribution in [1.82, 2.24) is 21.1 Å². The van der Waals surface area contributed by atoms with Crippen LogP contribution < -0.4 is 16.1 Å². The van der Waals surface area contributed by atoms with Gasteiger partial charge in [-0.2, -0.15) is 0 Å². The van der Waals surface area contributed by atoms with Crippen molar-refractivity contribution in [3.05, 3.63) is 132 Å². The number of fused-ring (bicyclic) bond motifs is 1. The molecule has 0 radical (unpaired) electrons. The van der Waals surface area contributed by atoms with Gasteiger partial charge < -0.3 is 15.6 Å². The third kappa shape index (κ3) is 8.92. The number of benzene rings is 4. The van der Waals surface area contributed by atoms with Gasteiger partial charge in [-0.1, -0.05) is 103 Å². The first-order valence-corrected chi connectivity index (χ1v) is 15.7. The van der Waals surface area contributed by atoms with Gasteiger partial charge in [0.15, 0.2) is 0 Å². The third-order valence-corrected chi connectivity index (χ3v) is 8.27. The first-order chi connectivity index (χ1) is 22.5. The molecule has 236 valence electrons. The summed E-state index contributed by atoms with van der Waals surface area (Å²) in [6, 6.07) is 35.3. The van der Waals surface area contributed by atoms with Crippen LogP contribution in [0.3, 0.4) is 0 Å². The first-order valence-electron chi connectivity index (χ1n) is 15.7. The Hall–Kier alpha value is -5.21. The van der Waals surface area contributed by atoms with E-state index in [2.05, 4.69) is 45.9 Å². The molecule has 46 heavy (non-hydrogen) atoms. The van der Waals surface area contributed by atoms with Crippen LogP contribution in [-0.2, 0) is 33.6 Å². The SMILES string of the molecule is O=C(C[C@H](CCCc1cccc(-c2ccccc2)c1)C(=O)N[C@H](Cc1c[nH]c2ccccc12)C(=O)NCCc1ccccc1)NO. The maximum Gasteiger partial charge on any atom is 0.244 e. The summed E-state index contributed by atoms with van der Waals surface area (Å²) in [6.07, 6.45) is 4.37. The van der Waals surface area contributed by atoms with E-state index in [9.17, 15) is 19.6 Å². The number of para-hydroxylation sites is 1. The Bertz CT molecular complexity index is 1740. The molecule has 0 saturated carbocycles. The number of carbonyl (C=O) groups excluding carboxylic acids is 3. The van der Waals surface area contributed by atoms with E-state index in [-0.39, 0.29) is 18.7 Å². The number of aryl methyl sites for hydroxylation is 1. The maximum absolute atomic E-state index is 13.7. The summed E-state index contributed by atoms with van der Waals surface area (Å²) in [5.41, 5.74) is 7.98. The van der Waals surface area contributed by atoms with E-state index in [0.717, 1.165) is 38.7 Å². The molecule has 0 bridgehead atoms. The van der Waals surface area contributed by atoms with Crippen LogP contribution in [0.15, 0.2) is 115 Å². The second kappa shape index (κ2) is 16.2. The fraction of sp³-hybridized carbons (Fsp3) is 0.237. The van der Waals surface area contributed by atoms with Crippen molar-refractivity contribution >= 4 is 28.6 Å². The van der Waals surface area contributed by atoms with Gasteiger partial charge in [0.05, 0.1) is 0 Å². The van der Waals surface area contributed by atoms with Gasteiger partial charge in [0, 0.05) is 42.4 Å². The van der Waals surface area contributed by atoms with Crippen molar-refractivity contribution in [2.24, 2.45) is 5.92 Å². The number of aromatic nitrogens is 1. The number of nitrogens with one attached hydrogen (secondary N) is 4. The van der Waals surface area contributed by atoms with E-state index >= 15 is 0 Å². The minimum Gasteiger partial charge on any atom is -0.361 e. The lowest BCUT2D eigenvalue weighted by molar-refractivity contribution is -0.136. The molecule has 8 nitrogen and oxygen atoms in total. The molecule has 4 aromatic carbocycles. The van der Waals surface area contributed by atoms with Gasteiger partial charge in [-0.15, -0.1) is 0 Å². The number of rotatable bonds is 15. The molecule has 2 atom stereocenters. The van der Waals surface area contributed by atoms with E-state index < -0.39 is 23.8 Å². The molecular formula is C38H40N4O4. The first kappa shape index (κ1) is 32.2. The van der Waals surface area contributed by atoms with Crippen molar-refractivity contribution < 1.29 is 19.6 Å². The predicted molar refractivity (Wildman–Crippen MR) is 180 cm³/mol. The number of hydroxylamine groups is 1. The Morgan fingerprint density at radius 2 is 1.43 bits per heavy atom. The number of amides is 3. The van der Waals surface area contributed by atoms with Gasteiger partial charge in [-0.3, -0.25) is 19.6 Å². The van der Waals surface area contributed by atoms with Crippen LogP contribution >= 0.6 is 0 Å². The van der Waals surface area contributed by atoms with Gasteiger partial charge in [0.2, 0.25) is 17.7 Å². The number of hydrogen-bond donors (Lipinski definition) is 5. The molecule has 3 amide bonds. The van der Waals surface area contributed by atoms with E-state index in [1.54, 1.807) is 5.48 Å². The van der Waals surface area contributed by atoms with Crippen LogP contribution in [-0.4, -0.2) is 40.5 Å². The Morgan fingerprint density at radius 1 is 0.739 bits per heavy atom. The average Bonchev–Trinajstić information content (AvgIpc) is 3.51. The molecule has 0 spiro atoms. The van der Waals surface area contributed by atoms with Crippen molar-refractivity contribution in [2.45, 2.75) is 44.6 Å². The largest absolute Gasteiger partial charge is 0.361 e. The van der Waals surface area contributed by atoms with Gasteiger partial charge in [-0.05, 0) is 59.6 Å². The van der Waals surface area contributed by atoms with Crippen molar-refractivity contribution in [2.75, 3.05) is 6.54 Å². The molecule has 0 unspecified atom stereocenters. The average molecular weight is 617 g/mol. The smallest absolute Gasteiger partial charge is 0.244 e. The lowest BCUT2D eigenvalue weighted by Crippen LogP contribution is -2.50. The number of aromatic amines is 1. The second-order valence-corrected chi connectivity index (χ2v) is 11.5. The highest BCUT2D eigenvalue weighted by molar-refractivity contribution is 5.91. The standard InChI is InChI=1S/C38H40N4O4/c43-36(42-46)25-31(18-10-14-28-13-9-17-30(23-28)29-15-5-2-6-16-29)37(44)41-35(24-32-26-40-34-20-8-7-19-33(32)34)38(45)39-22-21-27-11-3-1-4-12-27/h1-9,11-13,15-17,19-20,23,26,31,35,40,46H,10,14,18,21-22,24-25H2,(H,39,45)(H,41,44)(H,42,43)/t31-,35+/m0/s1. The molecule has 0 aliphatic rings. The lowest BCUT2D eigenvalue weighted by atomic mass is 9.93. The molecule has 1 aromatic heterocycles. The minimum atomic E-state index is -0.857. The zero-order valence-electron chi connectivity index (χ0n) is 25.7. The Balaban J connectivity index is 1.27. The summed E-state index contributed by atoms with van der Waals surface area (Å²) in [6.45, 7) is 0.418. The van der Waals surface area contributed by atoms with Crippen LogP contribution in [0, 0.1) is 5.92 Å². The summed E-state index contributed by atoms with van der Waals surface area (Å²) >= 11 is 0. The molecule has 8 heteroatoms. The van der Waals surface area contributed by atoms with Crippen LogP contribution in [0.2, 0.25) is 0 Å². The molecule has 0 aliphatic heterocycles. The zero-order valence-corrected chi connectivity index (χ0v) is 25.7. The van der Waals surface area contributed by atoms with Gasteiger partial charge in [0.25, 0.3) is 0 Å². The summed E-state index contributed by atoms with van der Waals surface area (Å²) < 4.78 is 0. The highest BCUT2D eigenvalue weighted by Gasteiger charge is 2.28. The van der Waals surface area contributed by atoms with E-state index in [0.29, 0.717) is 32.2 Å². The van der Waals surface area contributed by atoms with E-state index in [1.807, 2.05) is 85.1 Å². The van der Waals surface area contributed by atoms with Crippen molar-refractivity contribution in [3.8, 4) is 11.1 Å². The van der Waals surface area contributed by atoms with Crippen LogP contribution in [0.1, 0.15) is 36.0 Å². The molecule has 0 aliphatic carbocycles. The van der Waals surface area contributed by atoms with Crippen LogP contribution in [0.5, 0.6) is 0 Å². The van der Waals surface area contributed by atoms with Crippen LogP contribution in [0.25, 0.3) is 22.0 Å². The molecule has 5 aromatic rings. The lowest BCUT2D eigenvalue weighted by Gasteiger charge is -2.22. The number of hydrogen-bond acceptors (Lipinski definition) is 4. The van der Waals surface area contributed by atoms with E-state index in [1.165, 1.54) is 0 Å². The molecule has 0 fully saturated rings. The van der Waals surface area contributed by atoms with Gasteiger partial charge >= 0.3 is 0 Å². The van der Waals surface area contributed by atoms with Gasteiger partial charge in [-0.25, -0.2) is 5.48 Å². The molecule has 0 saturated heterocycles. The highest BCUT2D eigenvalue weighted by atomic mass is 16.5.